The molecule has 0 saturated carbocycles. The third-order valence-electron chi connectivity index (χ3n) is 3.26. The van der Waals surface area contributed by atoms with Crippen LogP contribution in [0.2, 0.25) is 0 Å². The molecule has 6 nitrogen and oxygen atoms in total. The summed E-state index contributed by atoms with van der Waals surface area (Å²) in [4.78, 5) is 13.9. The predicted octanol–water partition coefficient (Wildman–Crippen LogP) is 1.73. The van der Waals surface area contributed by atoms with Crippen molar-refractivity contribution in [1.82, 2.24) is 14.9 Å². The lowest BCUT2D eigenvalue weighted by atomic mass is 10.1. The van der Waals surface area contributed by atoms with E-state index in [1.54, 1.807) is 11.9 Å². The molecule has 7 heteroatoms. The molecular weight excluding hydrogens is 274 g/mol. The molecule has 1 N–H and O–H groups in total. The van der Waals surface area contributed by atoms with Crippen LogP contribution in [0.4, 0.5) is 5.69 Å². The average molecular weight is 287 g/mol. The third kappa shape index (κ3) is 1.78. The van der Waals surface area contributed by atoms with E-state index in [0.29, 0.717) is 22.7 Å². The van der Waals surface area contributed by atoms with Gasteiger partial charge in [-0.25, -0.2) is 0 Å². The second kappa shape index (κ2) is 4.68. The first-order chi connectivity index (χ1) is 9.63. The van der Waals surface area contributed by atoms with E-state index in [-0.39, 0.29) is 5.91 Å². The van der Waals surface area contributed by atoms with E-state index < -0.39 is 0 Å². The van der Waals surface area contributed by atoms with Crippen LogP contribution in [0.25, 0.3) is 0 Å². The van der Waals surface area contributed by atoms with Gasteiger partial charge in [-0.2, -0.15) is 14.9 Å². The lowest BCUT2D eigenvalue weighted by molar-refractivity contribution is -0.112. The maximum atomic E-state index is 12.3. The number of rotatable bonds is 2. The van der Waals surface area contributed by atoms with E-state index in [0.717, 1.165) is 11.3 Å². The van der Waals surface area contributed by atoms with Gasteiger partial charge in [0.25, 0.3) is 5.91 Å². The molecule has 0 unspecified atom stereocenters. The van der Waals surface area contributed by atoms with E-state index in [4.69, 9.17) is 12.2 Å². The number of H-pyrrole nitrogens is 1. The minimum absolute atomic E-state index is 0.142. The van der Waals surface area contributed by atoms with Crippen molar-refractivity contribution in [1.29, 1.82) is 0 Å². The fourth-order valence-electron chi connectivity index (χ4n) is 2.20. The highest BCUT2D eigenvalue weighted by Gasteiger charge is 2.31. The molecule has 1 amide bonds. The third-order valence-corrected chi connectivity index (χ3v) is 3.53. The molecule has 0 saturated heterocycles. The number of aromatic amines is 1. The Morgan fingerprint density at radius 3 is 2.90 bits per heavy atom. The van der Waals surface area contributed by atoms with Gasteiger partial charge in [-0.3, -0.25) is 9.89 Å². The summed E-state index contributed by atoms with van der Waals surface area (Å²) < 4.78 is 1.90. The zero-order valence-electron chi connectivity index (χ0n) is 11.1. The number of fused-ring (bicyclic) bond motifs is 1. The van der Waals surface area contributed by atoms with Crippen LogP contribution in [0.1, 0.15) is 18.3 Å². The molecule has 3 rings (SSSR count). The molecule has 20 heavy (non-hydrogen) atoms. The molecule has 1 aliphatic heterocycles. The van der Waals surface area contributed by atoms with Gasteiger partial charge in [0.1, 0.15) is 0 Å². The van der Waals surface area contributed by atoms with Gasteiger partial charge in [-0.1, -0.05) is 25.1 Å². The summed E-state index contributed by atoms with van der Waals surface area (Å²) >= 11 is 5.15. The smallest absolute Gasteiger partial charge is 0.279 e. The number of nitrogens with one attached hydrogen (secondary N) is 1. The van der Waals surface area contributed by atoms with Crippen LogP contribution in [-0.4, -0.2) is 33.5 Å². The molecule has 1 aliphatic rings. The fraction of sp³-hybridized carbons (Fsp3) is 0.231. The number of anilines is 1. The van der Waals surface area contributed by atoms with Crippen molar-refractivity contribution in [2.75, 3.05) is 11.9 Å². The van der Waals surface area contributed by atoms with Crippen LogP contribution in [0.15, 0.2) is 29.4 Å². The first-order valence-corrected chi connectivity index (χ1v) is 6.67. The second-order valence-electron chi connectivity index (χ2n) is 4.44. The van der Waals surface area contributed by atoms with Crippen molar-refractivity contribution < 1.29 is 4.79 Å². The van der Waals surface area contributed by atoms with E-state index >= 15 is 0 Å². The minimum Gasteiger partial charge on any atom is -0.309 e. The molecular formula is C13H13N5OS. The van der Waals surface area contributed by atoms with Crippen molar-refractivity contribution >= 4 is 29.5 Å². The molecule has 102 valence electrons. The van der Waals surface area contributed by atoms with E-state index in [1.807, 2.05) is 31.2 Å². The number of carbonyl (C=O) groups excluding carboxylic acids is 1. The average Bonchev–Trinajstić information content (AvgIpc) is 2.93. The highest BCUT2D eigenvalue weighted by molar-refractivity contribution is 7.71. The van der Waals surface area contributed by atoms with Crippen molar-refractivity contribution in [3.8, 4) is 0 Å². The van der Waals surface area contributed by atoms with Gasteiger partial charge in [0.2, 0.25) is 4.77 Å². The number of amides is 1. The number of hydrogen-bond acceptors (Lipinski definition) is 4. The quantitative estimate of drug-likeness (QED) is 0.855. The van der Waals surface area contributed by atoms with Crippen LogP contribution < -0.4 is 4.90 Å². The molecule has 1 aromatic carbocycles. The van der Waals surface area contributed by atoms with Gasteiger partial charge in [-0.05, 0) is 18.3 Å². The standard InChI is InChI=1S/C13H13N5OS/c1-3-10-14-15-13(20)18(10)16-11-8-6-4-5-7-9(8)17(2)12(11)19/h4-7H,3H2,1-2H3,(H,15,20). The minimum atomic E-state index is -0.142. The molecule has 2 aromatic rings. The first-order valence-electron chi connectivity index (χ1n) is 6.26. The van der Waals surface area contributed by atoms with Crippen LogP contribution in [0.3, 0.4) is 0 Å². The number of aryl methyl sites for hydroxylation is 1. The molecule has 0 atom stereocenters. The maximum absolute atomic E-state index is 12.3. The summed E-state index contributed by atoms with van der Waals surface area (Å²) in [6, 6.07) is 7.55. The van der Waals surface area contributed by atoms with E-state index in [9.17, 15) is 4.79 Å². The molecule has 0 bridgehead atoms. The largest absolute Gasteiger partial charge is 0.309 e. The normalized spacial score (nSPS) is 16.0. The van der Waals surface area contributed by atoms with E-state index in [2.05, 4.69) is 15.3 Å². The van der Waals surface area contributed by atoms with E-state index in [1.165, 1.54) is 4.68 Å². The van der Waals surface area contributed by atoms with Crippen molar-refractivity contribution in [3.05, 3.63) is 40.4 Å². The van der Waals surface area contributed by atoms with Gasteiger partial charge < -0.3 is 4.90 Å². The van der Waals surface area contributed by atoms with Crippen molar-refractivity contribution in [2.45, 2.75) is 13.3 Å². The number of aromatic nitrogens is 3. The van der Waals surface area contributed by atoms with Crippen LogP contribution in [0.5, 0.6) is 0 Å². The molecule has 2 heterocycles. The molecule has 1 aromatic heterocycles. The lowest BCUT2D eigenvalue weighted by Crippen LogP contribution is -2.26. The number of hydrogen-bond donors (Lipinski definition) is 1. The van der Waals surface area contributed by atoms with Crippen LogP contribution in [-0.2, 0) is 11.2 Å². The molecule has 0 radical (unpaired) electrons. The summed E-state index contributed by atoms with van der Waals surface area (Å²) in [6.07, 6.45) is 0.676. The Hall–Kier alpha value is -2.28. The van der Waals surface area contributed by atoms with Crippen molar-refractivity contribution in [3.63, 3.8) is 0 Å². The van der Waals surface area contributed by atoms with Gasteiger partial charge >= 0.3 is 0 Å². The fourth-order valence-corrected chi connectivity index (χ4v) is 2.39. The second-order valence-corrected chi connectivity index (χ2v) is 4.83. The lowest BCUT2D eigenvalue weighted by Gasteiger charge is -2.07. The number of carbonyl (C=O) groups is 1. The highest BCUT2D eigenvalue weighted by Crippen LogP contribution is 2.27. The van der Waals surface area contributed by atoms with Gasteiger partial charge in [0.15, 0.2) is 11.5 Å². The van der Waals surface area contributed by atoms with Gasteiger partial charge in [0, 0.05) is 19.0 Å². The summed E-state index contributed by atoms with van der Waals surface area (Å²) in [7, 11) is 1.74. The summed E-state index contributed by atoms with van der Waals surface area (Å²) in [6.45, 7) is 1.96. The molecule has 0 aliphatic carbocycles. The maximum Gasteiger partial charge on any atom is 0.279 e. The SMILES string of the molecule is CCc1n[nH]c(=S)n1N=C1C(=O)N(C)c2ccccc21. The monoisotopic (exact) mass is 287 g/mol. The summed E-state index contributed by atoms with van der Waals surface area (Å²) in [5.74, 6) is 0.554. The number of nitrogens with zero attached hydrogens (tertiary/aromatic N) is 4. The topological polar surface area (TPSA) is 66.3 Å². The first kappa shape index (κ1) is 12.7. The predicted molar refractivity (Wildman–Crippen MR) is 78.6 cm³/mol. The van der Waals surface area contributed by atoms with Gasteiger partial charge in [0.05, 0.1) is 5.69 Å². The Morgan fingerprint density at radius 1 is 1.40 bits per heavy atom. The summed E-state index contributed by atoms with van der Waals surface area (Å²) in [5.41, 5.74) is 2.05. The number of likely N-dealkylation sites (N-methyl/N-ethyl adjacent to an activating group) is 1. The Morgan fingerprint density at radius 2 is 2.15 bits per heavy atom. The molecule has 0 fully saturated rings. The zero-order valence-corrected chi connectivity index (χ0v) is 11.9. The summed E-state index contributed by atoms with van der Waals surface area (Å²) in [5, 5.41) is 11.2. The number of benzene rings is 1. The zero-order chi connectivity index (χ0) is 14.3. The Bertz CT molecular complexity index is 773. The molecule has 0 spiro atoms. The van der Waals surface area contributed by atoms with Crippen LogP contribution >= 0.6 is 12.2 Å². The highest BCUT2D eigenvalue weighted by atomic mass is 32.1. The number of para-hydroxylation sites is 1. The van der Waals surface area contributed by atoms with Crippen molar-refractivity contribution in [2.24, 2.45) is 5.10 Å². The van der Waals surface area contributed by atoms with Crippen LogP contribution in [0, 0.1) is 4.77 Å². The Kier molecular flexibility index (Phi) is 2.98. The Balaban J connectivity index is 2.20. The Labute approximate surface area is 120 Å². The van der Waals surface area contributed by atoms with Gasteiger partial charge in [-0.15, -0.1) is 0 Å².